The van der Waals surface area contributed by atoms with E-state index >= 15 is 0 Å². The van der Waals surface area contributed by atoms with Gasteiger partial charge in [0.25, 0.3) is 0 Å². The normalized spacial score (nSPS) is 31.3. The summed E-state index contributed by atoms with van der Waals surface area (Å²) in [5, 5.41) is 3.39. The van der Waals surface area contributed by atoms with E-state index in [-0.39, 0.29) is 0 Å². The van der Waals surface area contributed by atoms with Gasteiger partial charge in [-0.3, -0.25) is 9.80 Å². The zero-order valence-corrected chi connectivity index (χ0v) is 12.1. The van der Waals surface area contributed by atoms with Crippen molar-refractivity contribution in [2.24, 2.45) is 0 Å². The molecule has 3 rings (SSSR count). The average Bonchev–Trinajstić information content (AvgIpc) is 2.79. The van der Waals surface area contributed by atoms with E-state index in [1.807, 2.05) is 0 Å². The van der Waals surface area contributed by atoms with Gasteiger partial charge in [0.1, 0.15) is 0 Å². The summed E-state index contributed by atoms with van der Waals surface area (Å²) in [4.78, 5) is 5.34. The Balaban J connectivity index is 1.37. The Morgan fingerprint density at radius 3 is 2.74 bits per heavy atom. The highest BCUT2D eigenvalue weighted by atomic mass is 16.5. The van der Waals surface area contributed by atoms with E-state index in [0.717, 1.165) is 32.3 Å². The Morgan fingerprint density at radius 1 is 1.00 bits per heavy atom. The van der Waals surface area contributed by atoms with Gasteiger partial charge in [0.05, 0.1) is 12.7 Å². The van der Waals surface area contributed by atoms with Crippen molar-refractivity contribution in [3.05, 3.63) is 0 Å². The summed E-state index contributed by atoms with van der Waals surface area (Å²) in [6, 6.07) is 0.835. The lowest BCUT2D eigenvalue weighted by molar-refractivity contribution is 0.0194. The van der Waals surface area contributed by atoms with E-state index in [1.54, 1.807) is 0 Å². The molecule has 0 saturated carbocycles. The van der Waals surface area contributed by atoms with Crippen LogP contribution < -0.4 is 5.32 Å². The van der Waals surface area contributed by atoms with E-state index in [0.29, 0.717) is 6.10 Å². The molecular formula is C15H29N3O. The third-order valence-electron chi connectivity index (χ3n) is 4.93. The van der Waals surface area contributed by atoms with Gasteiger partial charge >= 0.3 is 0 Å². The van der Waals surface area contributed by atoms with Crippen molar-refractivity contribution in [2.75, 3.05) is 52.4 Å². The quantitative estimate of drug-likeness (QED) is 0.820. The van der Waals surface area contributed by atoms with E-state index in [9.17, 15) is 0 Å². The summed E-state index contributed by atoms with van der Waals surface area (Å²) < 4.78 is 6.04. The fourth-order valence-electron chi connectivity index (χ4n) is 3.80. The van der Waals surface area contributed by atoms with Gasteiger partial charge in [-0.25, -0.2) is 0 Å². The highest BCUT2D eigenvalue weighted by molar-refractivity contribution is 4.84. The number of hydrogen-bond acceptors (Lipinski definition) is 4. The zero-order chi connectivity index (χ0) is 12.9. The van der Waals surface area contributed by atoms with Crippen LogP contribution >= 0.6 is 0 Å². The number of nitrogens with one attached hydrogen (secondary N) is 1. The van der Waals surface area contributed by atoms with Crippen molar-refractivity contribution in [3.63, 3.8) is 0 Å². The topological polar surface area (TPSA) is 27.7 Å². The van der Waals surface area contributed by atoms with Gasteiger partial charge in [-0.1, -0.05) is 0 Å². The molecule has 3 aliphatic rings. The molecule has 0 bridgehead atoms. The second-order valence-corrected chi connectivity index (χ2v) is 6.31. The van der Waals surface area contributed by atoms with E-state index in [2.05, 4.69) is 15.1 Å². The van der Waals surface area contributed by atoms with Crippen LogP contribution in [0.4, 0.5) is 0 Å². The second kappa shape index (κ2) is 7.02. The first kappa shape index (κ1) is 13.8. The lowest BCUT2D eigenvalue weighted by atomic mass is 10.1. The smallest absolute Gasteiger partial charge is 0.0600 e. The van der Waals surface area contributed by atoms with Crippen molar-refractivity contribution in [2.45, 2.75) is 44.2 Å². The van der Waals surface area contributed by atoms with Gasteiger partial charge in [-0.2, -0.15) is 0 Å². The van der Waals surface area contributed by atoms with Crippen LogP contribution in [-0.4, -0.2) is 74.4 Å². The molecule has 110 valence electrons. The van der Waals surface area contributed by atoms with Gasteiger partial charge in [0.15, 0.2) is 0 Å². The van der Waals surface area contributed by atoms with Crippen LogP contribution in [0.2, 0.25) is 0 Å². The SMILES string of the molecule is C1CC2CN(CCOC3CCNCC3)CCCN2C1. The summed E-state index contributed by atoms with van der Waals surface area (Å²) in [6.07, 6.45) is 7.04. The molecule has 1 atom stereocenters. The van der Waals surface area contributed by atoms with Crippen LogP contribution in [0.3, 0.4) is 0 Å². The predicted octanol–water partition coefficient (Wildman–Crippen LogP) is 0.925. The highest BCUT2D eigenvalue weighted by Gasteiger charge is 2.28. The predicted molar refractivity (Wildman–Crippen MR) is 77.5 cm³/mol. The number of nitrogens with zero attached hydrogens (tertiary/aromatic N) is 2. The minimum absolute atomic E-state index is 0.510. The van der Waals surface area contributed by atoms with Crippen LogP contribution in [-0.2, 0) is 4.74 Å². The van der Waals surface area contributed by atoms with E-state index in [1.165, 1.54) is 58.3 Å². The Hall–Kier alpha value is -0.160. The van der Waals surface area contributed by atoms with Gasteiger partial charge < -0.3 is 10.1 Å². The second-order valence-electron chi connectivity index (χ2n) is 6.31. The fraction of sp³-hybridized carbons (Fsp3) is 1.00. The van der Waals surface area contributed by atoms with Crippen LogP contribution in [0.15, 0.2) is 0 Å². The lowest BCUT2D eigenvalue weighted by Gasteiger charge is -2.27. The molecule has 3 saturated heterocycles. The molecule has 19 heavy (non-hydrogen) atoms. The van der Waals surface area contributed by atoms with Crippen molar-refractivity contribution < 1.29 is 4.74 Å². The van der Waals surface area contributed by atoms with E-state index in [4.69, 9.17) is 4.74 Å². The molecule has 0 aromatic heterocycles. The van der Waals surface area contributed by atoms with Crippen molar-refractivity contribution in [1.29, 1.82) is 0 Å². The molecule has 0 aromatic rings. The third kappa shape index (κ3) is 3.91. The lowest BCUT2D eigenvalue weighted by Crippen LogP contribution is -2.39. The number of ether oxygens (including phenoxy) is 1. The van der Waals surface area contributed by atoms with Crippen LogP contribution in [0.25, 0.3) is 0 Å². The molecule has 3 fully saturated rings. The van der Waals surface area contributed by atoms with Crippen molar-refractivity contribution >= 4 is 0 Å². The molecule has 1 unspecified atom stereocenters. The fourth-order valence-corrected chi connectivity index (χ4v) is 3.80. The molecule has 0 aliphatic carbocycles. The van der Waals surface area contributed by atoms with Gasteiger partial charge in [0, 0.05) is 19.1 Å². The van der Waals surface area contributed by atoms with Crippen LogP contribution in [0.1, 0.15) is 32.1 Å². The Bertz CT molecular complexity index is 268. The Labute approximate surface area is 117 Å². The molecule has 3 aliphatic heterocycles. The number of hydrogen-bond donors (Lipinski definition) is 1. The molecule has 4 nitrogen and oxygen atoms in total. The third-order valence-corrected chi connectivity index (χ3v) is 4.93. The number of rotatable bonds is 4. The van der Waals surface area contributed by atoms with Gasteiger partial charge in [-0.15, -0.1) is 0 Å². The van der Waals surface area contributed by atoms with Gasteiger partial charge in [-0.05, 0) is 64.8 Å². The van der Waals surface area contributed by atoms with E-state index < -0.39 is 0 Å². The maximum absolute atomic E-state index is 6.04. The molecule has 0 aromatic carbocycles. The first-order valence-corrected chi connectivity index (χ1v) is 8.20. The largest absolute Gasteiger partial charge is 0.377 e. The molecule has 0 amide bonds. The number of fused-ring (bicyclic) bond motifs is 1. The highest BCUT2D eigenvalue weighted by Crippen LogP contribution is 2.21. The molecular weight excluding hydrogens is 238 g/mol. The number of piperidine rings is 1. The summed E-state index contributed by atoms with van der Waals surface area (Å²) in [7, 11) is 0. The van der Waals surface area contributed by atoms with Crippen LogP contribution in [0, 0.1) is 0 Å². The molecule has 0 spiro atoms. The molecule has 0 radical (unpaired) electrons. The summed E-state index contributed by atoms with van der Waals surface area (Å²) in [5.74, 6) is 0. The van der Waals surface area contributed by atoms with Gasteiger partial charge in [0.2, 0.25) is 0 Å². The average molecular weight is 267 g/mol. The minimum Gasteiger partial charge on any atom is -0.377 e. The molecule has 3 heterocycles. The maximum Gasteiger partial charge on any atom is 0.0600 e. The Morgan fingerprint density at radius 2 is 1.84 bits per heavy atom. The summed E-state index contributed by atoms with van der Waals surface area (Å²) in [6.45, 7) is 9.51. The molecule has 4 heteroatoms. The van der Waals surface area contributed by atoms with Crippen LogP contribution in [0.5, 0.6) is 0 Å². The zero-order valence-electron chi connectivity index (χ0n) is 12.1. The monoisotopic (exact) mass is 267 g/mol. The maximum atomic E-state index is 6.04. The summed E-state index contributed by atoms with van der Waals surface area (Å²) >= 11 is 0. The summed E-state index contributed by atoms with van der Waals surface area (Å²) in [5.41, 5.74) is 0. The van der Waals surface area contributed by atoms with Crippen molar-refractivity contribution in [1.82, 2.24) is 15.1 Å². The molecule has 1 N–H and O–H groups in total. The standard InChI is InChI=1S/C15H29N3O/c1-3-14-13-17(8-2-10-18(14)9-1)11-12-19-15-4-6-16-7-5-15/h14-16H,1-13H2. The van der Waals surface area contributed by atoms with Crippen molar-refractivity contribution in [3.8, 4) is 0 Å². The Kier molecular flexibility index (Phi) is 5.10. The first-order valence-electron chi connectivity index (χ1n) is 8.20. The minimum atomic E-state index is 0.510. The first-order chi connectivity index (χ1) is 9.42.